The molecule has 2 atom stereocenters. The monoisotopic (exact) mass is 264 g/mol. The first-order chi connectivity index (χ1) is 8.95. The molecule has 0 aromatic heterocycles. The van der Waals surface area contributed by atoms with Crippen molar-refractivity contribution in [1.82, 2.24) is 5.32 Å². The van der Waals surface area contributed by atoms with Crippen LogP contribution in [0.1, 0.15) is 43.5 Å². The van der Waals surface area contributed by atoms with E-state index in [1.165, 1.54) is 18.6 Å². The molecule has 1 fully saturated rings. The normalized spacial score (nSPS) is 27.0. The van der Waals surface area contributed by atoms with Gasteiger partial charge in [-0.2, -0.15) is 0 Å². The van der Waals surface area contributed by atoms with E-state index in [-0.39, 0.29) is 17.5 Å². The second-order valence-corrected chi connectivity index (χ2v) is 5.83. The van der Waals surface area contributed by atoms with Crippen LogP contribution in [0.5, 0.6) is 0 Å². The average molecular weight is 264 g/mol. The van der Waals surface area contributed by atoms with Gasteiger partial charge in [-0.1, -0.05) is 13.8 Å². The van der Waals surface area contributed by atoms with Crippen LogP contribution < -0.4 is 11.1 Å². The number of nitrogens with two attached hydrogens (primary N) is 1. The lowest BCUT2D eigenvalue weighted by Crippen LogP contribution is -2.40. The molecule has 3 nitrogen and oxygen atoms in total. The van der Waals surface area contributed by atoms with Gasteiger partial charge in [-0.25, -0.2) is 4.39 Å². The molecule has 1 aromatic rings. The number of hydrogen-bond acceptors (Lipinski definition) is 2. The van der Waals surface area contributed by atoms with Gasteiger partial charge in [0.2, 0.25) is 0 Å². The minimum atomic E-state index is -0.561. The lowest BCUT2D eigenvalue weighted by molar-refractivity contribution is 0.0907. The highest BCUT2D eigenvalue weighted by molar-refractivity contribution is 5.95. The number of nitrogen functional groups attached to an aromatic ring is 1. The molecule has 1 aliphatic rings. The van der Waals surface area contributed by atoms with Crippen molar-refractivity contribution < 1.29 is 9.18 Å². The summed E-state index contributed by atoms with van der Waals surface area (Å²) in [6.07, 6.45) is 3.13. The van der Waals surface area contributed by atoms with Crippen molar-refractivity contribution >= 4 is 11.6 Å². The summed E-state index contributed by atoms with van der Waals surface area (Å²) in [7, 11) is 0. The van der Waals surface area contributed by atoms with Gasteiger partial charge in [-0.3, -0.25) is 4.79 Å². The first kappa shape index (κ1) is 13.8. The highest BCUT2D eigenvalue weighted by atomic mass is 19.1. The average Bonchev–Trinajstić information content (AvgIpc) is 2.26. The van der Waals surface area contributed by atoms with Crippen LogP contribution in [-0.4, -0.2) is 11.9 Å². The van der Waals surface area contributed by atoms with Crippen LogP contribution in [0.4, 0.5) is 10.1 Å². The van der Waals surface area contributed by atoms with E-state index < -0.39 is 5.82 Å². The molecule has 1 aliphatic carbocycles. The van der Waals surface area contributed by atoms with Gasteiger partial charge in [0, 0.05) is 11.7 Å². The summed E-state index contributed by atoms with van der Waals surface area (Å²) in [4.78, 5) is 12.1. The van der Waals surface area contributed by atoms with E-state index in [0.29, 0.717) is 17.5 Å². The fourth-order valence-corrected chi connectivity index (χ4v) is 3.04. The van der Waals surface area contributed by atoms with E-state index in [0.717, 1.165) is 12.8 Å². The summed E-state index contributed by atoms with van der Waals surface area (Å²) in [5.41, 5.74) is 5.87. The third kappa shape index (κ3) is 3.46. The highest BCUT2D eigenvalue weighted by Crippen LogP contribution is 2.28. The molecule has 0 heterocycles. The summed E-state index contributed by atoms with van der Waals surface area (Å²) in [6.45, 7) is 4.39. The SMILES string of the molecule is CC1CC(C)CC(NC(=O)c2ccc(N)cc2F)C1. The molecule has 3 N–H and O–H groups in total. The summed E-state index contributed by atoms with van der Waals surface area (Å²) in [5, 5.41) is 2.94. The number of halogens is 1. The molecule has 1 aromatic carbocycles. The number of nitrogens with one attached hydrogen (secondary N) is 1. The van der Waals surface area contributed by atoms with Crippen molar-refractivity contribution in [1.29, 1.82) is 0 Å². The van der Waals surface area contributed by atoms with Crippen LogP contribution in [0, 0.1) is 17.7 Å². The quantitative estimate of drug-likeness (QED) is 0.807. The zero-order valence-corrected chi connectivity index (χ0v) is 11.4. The number of amides is 1. The first-order valence-corrected chi connectivity index (χ1v) is 6.81. The van der Waals surface area contributed by atoms with Crippen molar-refractivity contribution in [3.63, 3.8) is 0 Å². The maximum atomic E-state index is 13.7. The molecule has 1 amide bonds. The fraction of sp³-hybridized carbons (Fsp3) is 0.533. The van der Waals surface area contributed by atoms with Crippen LogP contribution in [0.25, 0.3) is 0 Å². The maximum absolute atomic E-state index is 13.7. The number of anilines is 1. The Kier molecular flexibility index (Phi) is 4.08. The molecule has 0 aliphatic heterocycles. The van der Waals surface area contributed by atoms with E-state index in [4.69, 9.17) is 5.73 Å². The Labute approximate surface area is 113 Å². The summed E-state index contributed by atoms with van der Waals surface area (Å²) in [5.74, 6) is 0.300. The smallest absolute Gasteiger partial charge is 0.254 e. The van der Waals surface area contributed by atoms with E-state index in [1.807, 2.05) is 0 Å². The van der Waals surface area contributed by atoms with Crippen molar-refractivity contribution in [3.05, 3.63) is 29.6 Å². The molecule has 2 unspecified atom stereocenters. The van der Waals surface area contributed by atoms with Crippen molar-refractivity contribution in [2.24, 2.45) is 11.8 Å². The van der Waals surface area contributed by atoms with Crippen LogP contribution >= 0.6 is 0 Å². The van der Waals surface area contributed by atoms with E-state index in [1.54, 1.807) is 6.07 Å². The van der Waals surface area contributed by atoms with E-state index in [9.17, 15) is 9.18 Å². The standard InChI is InChI=1S/C15H21FN2O/c1-9-5-10(2)7-12(6-9)18-15(19)13-4-3-11(17)8-14(13)16/h3-4,8-10,12H,5-7,17H2,1-2H3,(H,18,19). The summed E-state index contributed by atoms with van der Waals surface area (Å²) in [6, 6.07) is 4.31. The first-order valence-electron chi connectivity index (χ1n) is 6.81. The molecule has 0 saturated heterocycles. The van der Waals surface area contributed by atoms with Crippen molar-refractivity contribution in [2.75, 3.05) is 5.73 Å². The van der Waals surface area contributed by atoms with Crippen molar-refractivity contribution in [2.45, 2.75) is 39.2 Å². The number of hydrogen-bond donors (Lipinski definition) is 2. The highest BCUT2D eigenvalue weighted by Gasteiger charge is 2.25. The Morgan fingerprint density at radius 1 is 1.26 bits per heavy atom. The molecule has 1 saturated carbocycles. The van der Waals surface area contributed by atoms with Gasteiger partial charge in [0.05, 0.1) is 5.56 Å². The largest absolute Gasteiger partial charge is 0.399 e. The predicted molar refractivity (Wildman–Crippen MR) is 74.2 cm³/mol. The predicted octanol–water partition coefficient (Wildman–Crippen LogP) is 2.96. The topological polar surface area (TPSA) is 55.1 Å². The second kappa shape index (κ2) is 5.59. The maximum Gasteiger partial charge on any atom is 0.254 e. The van der Waals surface area contributed by atoms with Gasteiger partial charge in [-0.15, -0.1) is 0 Å². The molecule has 0 radical (unpaired) electrons. The van der Waals surface area contributed by atoms with Gasteiger partial charge in [0.15, 0.2) is 0 Å². The minimum Gasteiger partial charge on any atom is -0.399 e. The minimum absolute atomic E-state index is 0.0695. The number of rotatable bonds is 2. The summed E-state index contributed by atoms with van der Waals surface area (Å²) >= 11 is 0. The third-order valence-electron chi connectivity index (χ3n) is 3.75. The van der Waals surface area contributed by atoms with Gasteiger partial charge in [-0.05, 0) is 49.3 Å². The Bertz CT molecular complexity index is 465. The molecule has 2 rings (SSSR count). The van der Waals surface area contributed by atoms with Crippen LogP contribution in [0.3, 0.4) is 0 Å². The molecule has 4 heteroatoms. The van der Waals surface area contributed by atoms with Crippen LogP contribution in [-0.2, 0) is 0 Å². The van der Waals surface area contributed by atoms with Crippen LogP contribution in [0.2, 0.25) is 0 Å². The number of carbonyl (C=O) groups is 1. The Morgan fingerprint density at radius 2 is 1.89 bits per heavy atom. The Hall–Kier alpha value is -1.58. The molecule has 0 bridgehead atoms. The van der Waals surface area contributed by atoms with E-state index >= 15 is 0 Å². The Morgan fingerprint density at radius 3 is 2.47 bits per heavy atom. The van der Waals surface area contributed by atoms with Gasteiger partial charge in [0.1, 0.15) is 5.82 Å². The molecule has 0 spiro atoms. The fourth-order valence-electron chi connectivity index (χ4n) is 3.04. The van der Waals surface area contributed by atoms with Gasteiger partial charge < -0.3 is 11.1 Å². The van der Waals surface area contributed by atoms with E-state index in [2.05, 4.69) is 19.2 Å². The van der Waals surface area contributed by atoms with Gasteiger partial charge >= 0.3 is 0 Å². The number of benzene rings is 1. The van der Waals surface area contributed by atoms with Crippen LogP contribution in [0.15, 0.2) is 18.2 Å². The summed E-state index contributed by atoms with van der Waals surface area (Å²) < 4.78 is 13.7. The molecular formula is C15H21FN2O. The lowest BCUT2D eigenvalue weighted by Gasteiger charge is -2.32. The van der Waals surface area contributed by atoms with Crippen molar-refractivity contribution in [3.8, 4) is 0 Å². The molecular weight excluding hydrogens is 243 g/mol. The third-order valence-corrected chi connectivity index (χ3v) is 3.75. The number of carbonyl (C=O) groups excluding carboxylic acids is 1. The van der Waals surface area contributed by atoms with Gasteiger partial charge in [0.25, 0.3) is 5.91 Å². The Balaban J connectivity index is 2.04. The second-order valence-electron chi connectivity index (χ2n) is 5.83. The zero-order valence-electron chi connectivity index (χ0n) is 11.4. The lowest BCUT2D eigenvalue weighted by atomic mass is 9.80. The zero-order chi connectivity index (χ0) is 14.0. The molecule has 104 valence electrons. The molecule has 19 heavy (non-hydrogen) atoms.